The second-order valence-corrected chi connectivity index (χ2v) is 4.97. The van der Waals surface area contributed by atoms with Gasteiger partial charge in [-0.3, -0.25) is 0 Å². The molecule has 1 saturated carbocycles. The first-order valence-electron chi connectivity index (χ1n) is 5.48. The van der Waals surface area contributed by atoms with Crippen LogP contribution in [0.1, 0.15) is 33.1 Å². The maximum Gasteiger partial charge on any atom is 0.00103 e. The zero-order chi connectivity index (χ0) is 8.55. The Hall–Kier alpha value is 0.250. The van der Waals surface area contributed by atoms with Crippen molar-refractivity contribution in [3.8, 4) is 0 Å². The second-order valence-electron chi connectivity index (χ2n) is 4.97. The molecule has 2 atom stereocenters. The summed E-state index contributed by atoms with van der Waals surface area (Å²) in [5, 5.41) is 0. The lowest BCUT2D eigenvalue weighted by atomic mass is 9.85. The van der Waals surface area contributed by atoms with Gasteiger partial charge in [-0.1, -0.05) is 20.3 Å². The van der Waals surface area contributed by atoms with E-state index in [-0.39, 0.29) is 12.4 Å². The van der Waals surface area contributed by atoms with E-state index < -0.39 is 0 Å². The summed E-state index contributed by atoms with van der Waals surface area (Å²) >= 11 is 0. The van der Waals surface area contributed by atoms with Gasteiger partial charge in [-0.2, -0.15) is 0 Å². The van der Waals surface area contributed by atoms with Crippen LogP contribution in [0.5, 0.6) is 0 Å². The molecule has 2 rings (SSSR count). The van der Waals surface area contributed by atoms with Crippen molar-refractivity contribution in [2.75, 3.05) is 19.6 Å². The molecule has 1 aliphatic heterocycles. The molecule has 0 aromatic rings. The quantitative estimate of drug-likeness (QED) is 0.667. The van der Waals surface area contributed by atoms with E-state index in [0.29, 0.717) is 0 Å². The molecular weight excluding hydrogens is 182 g/mol. The summed E-state index contributed by atoms with van der Waals surface area (Å²) in [6.07, 6.45) is 4.49. The lowest BCUT2D eigenvalue weighted by molar-refractivity contribution is 0.199. The van der Waals surface area contributed by atoms with Gasteiger partial charge in [0.05, 0.1) is 0 Å². The van der Waals surface area contributed by atoms with Gasteiger partial charge in [0, 0.05) is 19.6 Å². The predicted octanol–water partition coefficient (Wildman–Crippen LogP) is 2.80. The summed E-state index contributed by atoms with van der Waals surface area (Å²) in [5.41, 5.74) is 0. The Labute approximate surface area is 88.3 Å². The molecule has 1 heterocycles. The highest BCUT2D eigenvalue weighted by atomic mass is 35.5. The van der Waals surface area contributed by atoms with E-state index in [1.54, 1.807) is 0 Å². The van der Waals surface area contributed by atoms with E-state index in [1.807, 2.05) is 0 Å². The van der Waals surface area contributed by atoms with Gasteiger partial charge in [-0.15, -0.1) is 12.4 Å². The highest BCUT2D eigenvalue weighted by molar-refractivity contribution is 5.85. The molecule has 0 aromatic heterocycles. The summed E-state index contributed by atoms with van der Waals surface area (Å²) < 4.78 is 0. The topological polar surface area (TPSA) is 3.24 Å². The molecule has 0 bridgehead atoms. The van der Waals surface area contributed by atoms with Crippen LogP contribution >= 0.6 is 12.4 Å². The first kappa shape index (κ1) is 11.3. The highest BCUT2D eigenvalue weighted by Gasteiger charge is 2.29. The minimum Gasteiger partial charge on any atom is -0.303 e. The lowest BCUT2D eigenvalue weighted by Gasteiger charge is -2.30. The van der Waals surface area contributed by atoms with Crippen LogP contribution in [0.3, 0.4) is 0 Å². The largest absolute Gasteiger partial charge is 0.303 e. The molecule has 0 amide bonds. The van der Waals surface area contributed by atoms with E-state index >= 15 is 0 Å². The summed E-state index contributed by atoms with van der Waals surface area (Å²) in [6, 6.07) is 0. The number of likely N-dealkylation sites (tertiary alicyclic amines) is 1. The van der Waals surface area contributed by atoms with Gasteiger partial charge in [0.15, 0.2) is 0 Å². The summed E-state index contributed by atoms with van der Waals surface area (Å²) in [7, 11) is 0. The third-order valence-corrected chi connectivity index (χ3v) is 3.80. The van der Waals surface area contributed by atoms with E-state index in [9.17, 15) is 0 Å². The Balaban J connectivity index is 0.000000845. The molecule has 2 aliphatic rings. The second kappa shape index (κ2) is 4.65. The van der Waals surface area contributed by atoms with Crippen LogP contribution in [-0.4, -0.2) is 24.5 Å². The maximum atomic E-state index is 2.68. The molecule has 2 heteroatoms. The van der Waals surface area contributed by atoms with E-state index in [1.165, 1.54) is 38.9 Å². The molecule has 0 aromatic carbocycles. The van der Waals surface area contributed by atoms with Gasteiger partial charge in [0.2, 0.25) is 0 Å². The fraction of sp³-hybridized carbons (Fsp3) is 1.00. The third kappa shape index (κ3) is 2.60. The van der Waals surface area contributed by atoms with Crippen molar-refractivity contribution in [2.24, 2.45) is 17.8 Å². The van der Waals surface area contributed by atoms with Gasteiger partial charge in [0.25, 0.3) is 0 Å². The lowest BCUT2D eigenvalue weighted by Crippen LogP contribution is -2.30. The van der Waals surface area contributed by atoms with Crippen LogP contribution in [0.2, 0.25) is 0 Å². The molecule has 1 nitrogen and oxygen atoms in total. The molecule has 0 spiro atoms. The molecule has 1 saturated heterocycles. The molecule has 2 fully saturated rings. The Kier molecular flexibility index (Phi) is 4.06. The van der Waals surface area contributed by atoms with Crippen molar-refractivity contribution < 1.29 is 0 Å². The van der Waals surface area contributed by atoms with Gasteiger partial charge in [-0.05, 0) is 30.6 Å². The molecule has 0 N–H and O–H groups in total. The van der Waals surface area contributed by atoms with Crippen LogP contribution in [0.15, 0.2) is 0 Å². The standard InChI is InChI=1S/C11H21N.ClH/c1-9-6-12(7-10(9)2)8-11-4-3-5-11;/h9-11H,3-8H2,1-2H3;1H. The van der Waals surface area contributed by atoms with Crippen LogP contribution < -0.4 is 0 Å². The molecule has 0 radical (unpaired) electrons. The van der Waals surface area contributed by atoms with Gasteiger partial charge in [0.1, 0.15) is 0 Å². The Morgan fingerprint density at radius 3 is 2.00 bits per heavy atom. The van der Waals surface area contributed by atoms with Crippen LogP contribution in [0.25, 0.3) is 0 Å². The molecule has 1 aliphatic carbocycles. The number of hydrogen-bond donors (Lipinski definition) is 0. The number of hydrogen-bond acceptors (Lipinski definition) is 1. The van der Waals surface area contributed by atoms with Crippen molar-refractivity contribution in [3.05, 3.63) is 0 Å². The van der Waals surface area contributed by atoms with E-state index in [0.717, 1.165) is 17.8 Å². The Bertz CT molecular complexity index is 146. The average molecular weight is 204 g/mol. The average Bonchev–Trinajstić information content (AvgIpc) is 2.24. The number of rotatable bonds is 2. The zero-order valence-corrected chi connectivity index (χ0v) is 9.65. The van der Waals surface area contributed by atoms with Gasteiger partial charge in [-0.25, -0.2) is 0 Å². The van der Waals surface area contributed by atoms with Crippen LogP contribution in [0.4, 0.5) is 0 Å². The molecule has 2 unspecified atom stereocenters. The van der Waals surface area contributed by atoms with Gasteiger partial charge < -0.3 is 4.90 Å². The van der Waals surface area contributed by atoms with Crippen LogP contribution in [0, 0.1) is 17.8 Å². The number of nitrogens with zero attached hydrogens (tertiary/aromatic N) is 1. The molecular formula is C11H22ClN. The first-order valence-corrected chi connectivity index (χ1v) is 5.48. The summed E-state index contributed by atoms with van der Waals surface area (Å²) in [4.78, 5) is 2.68. The predicted molar refractivity (Wildman–Crippen MR) is 59.4 cm³/mol. The fourth-order valence-electron chi connectivity index (χ4n) is 2.44. The van der Waals surface area contributed by atoms with Gasteiger partial charge >= 0.3 is 0 Å². The SMILES string of the molecule is CC1CN(CC2CCC2)CC1C.Cl. The van der Waals surface area contributed by atoms with E-state index in [4.69, 9.17) is 0 Å². The van der Waals surface area contributed by atoms with Crippen molar-refractivity contribution in [1.29, 1.82) is 0 Å². The maximum absolute atomic E-state index is 2.68. The molecule has 78 valence electrons. The normalized spacial score (nSPS) is 35.5. The van der Waals surface area contributed by atoms with Crippen LogP contribution in [-0.2, 0) is 0 Å². The summed E-state index contributed by atoms with van der Waals surface area (Å²) in [5.74, 6) is 2.93. The molecule has 13 heavy (non-hydrogen) atoms. The first-order chi connectivity index (χ1) is 5.75. The minimum absolute atomic E-state index is 0. The van der Waals surface area contributed by atoms with Crippen molar-refractivity contribution in [1.82, 2.24) is 4.90 Å². The Morgan fingerprint density at radius 2 is 1.62 bits per heavy atom. The fourth-order valence-corrected chi connectivity index (χ4v) is 2.44. The van der Waals surface area contributed by atoms with Crippen molar-refractivity contribution >= 4 is 12.4 Å². The summed E-state index contributed by atoms with van der Waals surface area (Å²) in [6.45, 7) is 8.90. The number of halogens is 1. The van der Waals surface area contributed by atoms with E-state index in [2.05, 4.69) is 18.7 Å². The smallest absolute Gasteiger partial charge is 0.00103 e. The highest BCUT2D eigenvalue weighted by Crippen LogP contribution is 2.30. The van der Waals surface area contributed by atoms with Crippen molar-refractivity contribution in [3.63, 3.8) is 0 Å². The third-order valence-electron chi connectivity index (χ3n) is 3.80. The van der Waals surface area contributed by atoms with Crippen molar-refractivity contribution in [2.45, 2.75) is 33.1 Å². The Morgan fingerprint density at radius 1 is 1.08 bits per heavy atom. The minimum atomic E-state index is 0. The monoisotopic (exact) mass is 203 g/mol. The zero-order valence-electron chi connectivity index (χ0n) is 8.83.